The van der Waals surface area contributed by atoms with E-state index in [1.54, 1.807) is 24.3 Å². The third-order valence-corrected chi connectivity index (χ3v) is 5.92. The summed E-state index contributed by atoms with van der Waals surface area (Å²) in [6.45, 7) is 0.124. The van der Waals surface area contributed by atoms with E-state index in [4.69, 9.17) is 39.7 Å². The van der Waals surface area contributed by atoms with E-state index in [2.05, 4.69) is 0 Å². The zero-order chi connectivity index (χ0) is 21.0. The highest BCUT2D eigenvalue weighted by molar-refractivity contribution is 6.34. The summed E-state index contributed by atoms with van der Waals surface area (Å²) < 4.78 is 63.3. The second-order valence-electron chi connectivity index (χ2n) is 7.24. The van der Waals surface area contributed by atoms with Crippen molar-refractivity contribution < 1.29 is 22.3 Å². The molecule has 0 bridgehead atoms. The van der Waals surface area contributed by atoms with Crippen molar-refractivity contribution in [1.82, 2.24) is 4.42 Å². The van der Waals surface area contributed by atoms with E-state index in [0.717, 1.165) is 6.26 Å². The largest absolute Gasteiger partial charge is 0.480 e. The molecular formula is C20H14Cl3F4NO. The molecule has 0 spiro atoms. The molecule has 4 rings (SSSR count). The van der Waals surface area contributed by atoms with Gasteiger partial charge in [-0.15, -0.1) is 0 Å². The number of alkyl halides is 4. The summed E-state index contributed by atoms with van der Waals surface area (Å²) in [6.07, 6.45) is -4.08. The number of rotatable bonds is 3. The van der Waals surface area contributed by atoms with Gasteiger partial charge in [0, 0.05) is 22.0 Å². The van der Waals surface area contributed by atoms with Gasteiger partial charge in [-0.3, -0.25) is 0 Å². The fraction of sp³-hybridized carbons (Fsp3) is 0.300. The molecule has 2 aliphatic heterocycles. The van der Waals surface area contributed by atoms with E-state index in [1.165, 1.54) is 22.6 Å². The Morgan fingerprint density at radius 2 is 1.52 bits per heavy atom. The van der Waals surface area contributed by atoms with E-state index in [-0.39, 0.29) is 28.7 Å². The predicted octanol–water partition coefficient (Wildman–Crippen LogP) is 6.85. The third kappa shape index (κ3) is 3.61. The second-order valence-corrected chi connectivity index (χ2v) is 8.59. The lowest BCUT2D eigenvalue weighted by molar-refractivity contribution is -0.260. The standard InChI is InChI=1S/C20H14Cl3F4NO/c21-16-5-15(6-17(22)7-16)19(20(25,26)27)8-13(9-29-19)12-1-3-14(4-2-12)18(24)10-28(23)11-18/h1-7,9H,8,10-11H2. The molecule has 1 fully saturated rings. The fourth-order valence-corrected chi connectivity index (χ4v) is 4.55. The molecule has 2 nitrogen and oxygen atoms in total. The number of nitrogens with zero attached hydrogens (tertiary/aromatic N) is 1. The van der Waals surface area contributed by atoms with Gasteiger partial charge >= 0.3 is 6.18 Å². The SMILES string of the molecule is FC1(c2ccc(C3=COC(c4cc(Cl)cc(Cl)c4)(C(F)(F)F)C3)cc2)CN(Cl)C1. The highest BCUT2D eigenvalue weighted by atomic mass is 35.5. The summed E-state index contributed by atoms with van der Waals surface area (Å²) in [5.74, 6) is 0. The van der Waals surface area contributed by atoms with Crippen LogP contribution in [0, 0.1) is 0 Å². The molecule has 2 heterocycles. The molecule has 1 saturated heterocycles. The van der Waals surface area contributed by atoms with Crippen molar-refractivity contribution in [3.05, 3.63) is 75.5 Å². The predicted molar refractivity (Wildman–Crippen MR) is 105 cm³/mol. The molecule has 154 valence electrons. The van der Waals surface area contributed by atoms with Gasteiger partial charge in [-0.25, -0.2) is 8.81 Å². The van der Waals surface area contributed by atoms with Crippen LogP contribution in [0.2, 0.25) is 10.0 Å². The minimum absolute atomic E-state index is 0.0619. The zero-order valence-electron chi connectivity index (χ0n) is 14.7. The van der Waals surface area contributed by atoms with Crippen LogP contribution in [0.15, 0.2) is 48.7 Å². The van der Waals surface area contributed by atoms with Crippen LogP contribution in [0.1, 0.15) is 23.1 Å². The van der Waals surface area contributed by atoms with Crippen LogP contribution in [0.25, 0.3) is 5.57 Å². The average molecular weight is 467 g/mol. The average Bonchev–Trinajstić information content (AvgIpc) is 3.06. The minimum atomic E-state index is -4.71. The van der Waals surface area contributed by atoms with Gasteiger partial charge in [0.1, 0.15) is 0 Å². The maximum Gasteiger partial charge on any atom is 0.432 e. The topological polar surface area (TPSA) is 12.5 Å². The van der Waals surface area contributed by atoms with Gasteiger partial charge in [0.15, 0.2) is 5.67 Å². The van der Waals surface area contributed by atoms with Crippen LogP contribution >= 0.6 is 35.0 Å². The highest BCUT2D eigenvalue weighted by Crippen LogP contribution is 2.52. The van der Waals surface area contributed by atoms with E-state index in [0.29, 0.717) is 16.7 Å². The lowest BCUT2D eigenvalue weighted by Crippen LogP contribution is -2.51. The molecule has 0 aromatic heterocycles. The first-order valence-electron chi connectivity index (χ1n) is 8.63. The van der Waals surface area contributed by atoms with E-state index < -0.39 is 23.9 Å². The number of hydrogen-bond acceptors (Lipinski definition) is 2. The Labute approximate surface area is 179 Å². The van der Waals surface area contributed by atoms with Crippen molar-refractivity contribution in [3.8, 4) is 0 Å². The van der Waals surface area contributed by atoms with Crippen LogP contribution < -0.4 is 0 Å². The van der Waals surface area contributed by atoms with Crippen LogP contribution in [0.4, 0.5) is 17.6 Å². The number of halogens is 7. The Morgan fingerprint density at radius 3 is 2.03 bits per heavy atom. The molecule has 0 aliphatic carbocycles. The summed E-state index contributed by atoms with van der Waals surface area (Å²) >= 11 is 17.5. The van der Waals surface area contributed by atoms with Crippen LogP contribution in [0.3, 0.4) is 0 Å². The monoisotopic (exact) mass is 465 g/mol. The van der Waals surface area contributed by atoms with E-state index in [1.807, 2.05) is 0 Å². The summed E-state index contributed by atoms with van der Waals surface area (Å²) in [7, 11) is 0. The molecular weight excluding hydrogens is 453 g/mol. The van der Waals surface area contributed by atoms with Gasteiger partial charge in [0.25, 0.3) is 0 Å². The van der Waals surface area contributed by atoms with Crippen molar-refractivity contribution >= 4 is 40.6 Å². The maximum absolute atomic E-state index is 14.6. The van der Waals surface area contributed by atoms with Crippen molar-refractivity contribution in [1.29, 1.82) is 0 Å². The Hall–Kier alpha value is -1.47. The summed E-state index contributed by atoms with van der Waals surface area (Å²) in [4.78, 5) is 0. The Bertz CT molecular complexity index is 950. The van der Waals surface area contributed by atoms with Crippen molar-refractivity contribution in [2.45, 2.75) is 23.9 Å². The van der Waals surface area contributed by atoms with Gasteiger partial charge in [0.2, 0.25) is 5.60 Å². The number of benzene rings is 2. The molecule has 2 aromatic rings. The second kappa shape index (κ2) is 7.05. The lowest BCUT2D eigenvalue weighted by Gasteiger charge is -2.40. The Kier molecular flexibility index (Phi) is 5.05. The Morgan fingerprint density at radius 1 is 0.931 bits per heavy atom. The van der Waals surface area contributed by atoms with Crippen LogP contribution in [-0.4, -0.2) is 23.7 Å². The van der Waals surface area contributed by atoms with Gasteiger partial charge in [-0.2, -0.15) is 13.2 Å². The molecule has 0 radical (unpaired) electrons. The number of ether oxygens (including phenoxy) is 1. The Balaban J connectivity index is 1.63. The summed E-state index contributed by atoms with van der Waals surface area (Å²) in [5, 5.41) is 0.166. The zero-order valence-corrected chi connectivity index (χ0v) is 17.0. The summed E-state index contributed by atoms with van der Waals surface area (Å²) in [5.41, 5.74) is -3.03. The molecule has 9 heteroatoms. The van der Waals surface area contributed by atoms with Gasteiger partial charge in [-0.1, -0.05) is 47.5 Å². The molecule has 1 unspecified atom stereocenters. The van der Waals surface area contributed by atoms with Gasteiger partial charge < -0.3 is 4.74 Å². The van der Waals surface area contributed by atoms with Crippen molar-refractivity contribution in [3.63, 3.8) is 0 Å². The van der Waals surface area contributed by atoms with E-state index in [9.17, 15) is 17.6 Å². The summed E-state index contributed by atoms with van der Waals surface area (Å²) in [6, 6.07) is 10.0. The smallest absolute Gasteiger partial charge is 0.432 e. The van der Waals surface area contributed by atoms with Crippen LogP contribution in [0.5, 0.6) is 0 Å². The van der Waals surface area contributed by atoms with Crippen LogP contribution in [-0.2, 0) is 16.0 Å². The van der Waals surface area contributed by atoms with Gasteiger partial charge in [0.05, 0.1) is 19.4 Å². The molecule has 29 heavy (non-hydrogen) atoms. The van der Waals surface area contributed by atoms with E-state index >= 15 is 0 Å². The normalized spacial score (nSPS) is 24.0. The molecule has 1 atom stereocenters. The minimum Gasteiger partial charge on any atom is -0.480 e. The molecule has 0 saturated carbocycles. The highest BCUT2D eigenvalue weighted by Gasteiger charge is 2.60. The maximum atomic E-state index is 14.6. The molecule has 2 aliphatic rings. The molecule has 2 aromatic carbocycles. The molecule has 0 N–H and O–H groups in total. The molecule has 0 amide bonds. The van der Waals surface area contributed by atoms with Gasteiger partial charge in [-0.05, 0) is 46.7 Å². The lowest BCUT2D eigenvalue weighted by atomic mass is 9.85. The first-order valence-corrected chi connectivity index (χ1v) is 9.73. The van der Waals surface area contributed by atoms with Crippen molar-refractivity contribution in [2.75, 3.05) is 13.1 Å². The van der Waals surface area contributed by atoms with Crippen molar-refractivity contribution in [2.24, 2.45) is 0 Å². The first-order chi connectivity index (χ1) is 13.5. The fourth-order valence-electron chi connectivity index (χ4n) is 3.64. The number of hydrogen-bond donors (Lipinski definition) is 0. The quantitative estimate of drug-likeness (QED) is 0.362. The third-order valence-electron chi connectivity index (χ3n) is 5.25. The first kappa shape index (κ1) is 20.8.